The molecule has 0 aliphatic rings. The number of hydrogen-bond donors (Lipinski definition) is 1. The summed E-state index contributed by atoms with van der Waals surface area (Å²) in [6.45, 7) is 2.98. The molecule has 0 bridgehead atoms. The molecule has 0 radical (unpaired) electrons. The van der Waals surface area contributed by atoms with Crippen LogP contribution in [0.15, 0.2) is 48.5 Å². The summed E-state index contributed by atoms with van der Waals surface area (Å²) in [5.41, 5.74) is 2.32. The monoisotopic (exact) mass is 354 g/mol. The van der Waals surface area contributed by atoms with Crippen molar-refractivity contribution in [2.24, 2.45) is 0 Å². The SMILES string of the molecule is CC(=O)c1ccc(NC(=O)[C@@H](C)OC(=O)c2cccc(N(C)C)c2)cc1. The molecule has 6 heteroatoms. The fraction of sp³-hybridized carbons (Fsp3) is 0.250. The summed E-state index contributed by atoms with van der Waals surface area (Å²) in [5.74, 6) is -1.06. The molecule has 0 heterocycles. The van der Waals surface area contributed by atoms with Crippen LogP contribution in [0.3, 0.4) is 0 Å². The number of carbonyl (C=O) groups excluding carboxylic acids is 3. The van der Waals surface area contributed by atoms with Gasteiger partial charge in [-0.3, -0.25) is 9.59 Å². The molecule has 0 fully saturated rings. The van der Waals surface area contributed by atoms with E-state index in [4.69, 9.17) is 4.74 Å². The van der Waals surface area contributed by atoms with Gasteiger partial charge in [-0.2, -0.15) is 0 Å². The normalized spacial score (nSPS) is 11.4. The van der Waals surface area contributed by atoms with Crippen molar-refractivity contribution < 1.29 is 19.1 Å². The first-order chi connectivity index (χ1) is 12.3. The Bertz CT molecular complexity index is 813. The van der Waals surface area contributed by atoms with Crippen molar-refractivity contribution in [2.75, 3.05) is 24.3 Å². The maximum Gasteiger partial charge on any atom is 0.338 e. The van der Waals surface area contributed by atoms with E-state index in [9.17, 15) is 14.4 Å². The van der Waals surface area contributed by atoms with Crippen molar-refractivity contribution in [3.63, 3.8) is 0 Å². The standard InChI is InChI=1S/C20H22N2O4/c1-13(23)15-8-10-17(11-9-15)21-19(24)14(2)26-20(25)16-6-5-7-18(12-16)22(3)4/h5-12,14H,1-4H3,(H,21,24)/t14-/m1/s1. The van der Waals surface area contributed by atoms with E-state index in [1.807, 2.05) is 25.1 Å². The van der Waals surface area contributed by atoms with E-state index in [0.717, 1.165) is 5.69 Å². The average molecular weight is 354 g/mol. The Kier molecular flexibility index (Phi) is 6.11. The van der Waals surface area contributed by atoms with Gasteiger partial charge in [-0.05, 0) is 56.3 Å². The molecule has 0 aromatic heterocycles. The first-order valence-electron chi connectivity index (χ1n) is 8.18. The summed E-state index contributed by atoms with van der Waals surface area (Å²) in [5, 5.41) is 2.66. The molecule has 2 aromatic rings. The number of benzene rings is 2. The van der Waals surface area contributed by atoms with Gasteiger partial charge in [0.25, 0.3) is 5.91 Å². The average Bonchev–Trinajstić information content (AvgIpc) is 2.62. The summed E-state index contributed by atoms with van der Waals surface area (Å²) in [7, 11) is 3.75. The Morgan fingerprint density at radius 3 is 2.23 bits per heavy atom. The first-order valence-corrected chi connectivity index (χ1v) is 8.18. The molecule has 26 heavy (non-hydrogen) atoms. The maximum absolute atomic E-state index is 12.2. The van der Waals surface area contributed by atoms with Gasteiger partial charge in [0.15, 0.2) is 11.9 Å². The number of esters is 1. The number of rotatable bonds is 6. The second-order valence-corrected chi connectivity index (χ2v) is 6.12. The first kappa shape index (κ1) is 19.2. The largest absolute Gasteiger partial charge is 0.449 e. The molecule has 0 aliphatic heterocycles. The second kappa shape index (κ2) is 8.29. The molecule has 136 valence electrons. The summed E-state index contributed by atoms with van der Waals surface area (Å²) in [4.78, 5) is 37.6. The van der Waals surface area contributed by atoms with Gasteiger partial charge in [0.2, 0.25) is 0 Å². The van der Waals surface area contributed by atoms with Crippen molar-refractivity contribution in [1.29, 1.82) is 0 Å². The van der Waals surface area contributed by atoms with Crippen molar-refractivity contribution in [3.8, 4) is 0 Å². The van der Waals surface area contributed by atoms with Crippen molar-refractivity contribution >= 4 is 29.0 Å². The van der Waals surface area contributed by atoms with Gasteiger partial charge in [-0.25, -0.2) is 4.79 Å². The molecule has 2 aromatic carbocycles. The molecule has 2 rings (SSSR count). The Balaban J connectivity index is 1.98. The van der Waals surface area contributed by atoms with Crippen LogP contribution in [0.1, 0.15) is 34.6 Å². The Morgan fingerprint density at radius 2 is 1.65 bits per heavy atom. The van der Waals surface area contributed by atoms with E-state index in [1.165, 1.54) is 13.8 Å². The van der Waals surface area contributed by atoms with Gasteiger partial charge >= 0.3 is 5.97 Å². The van der Waals surface area contributed by atoms with E-state index >= 15 is 0 Å². The van der Waals surface area contributed by atoms with Crippen LogP contribution in [0.25, 0.3) is 0 Å². The topological polar surface area (TPSA) is 75.7 Å². The lowest BCUT2D eigenvalue weighted by molar-refractivity contribution is -0.123. The highest BCUT2D eigenvalue weighted by molar-refractivity contribution is 5.98. The van der Waals surface area contributed by atoms with Crippen LogP contribution >= 0.6 is 0 Å². The molecule has 1 atom stereocenters. The fourth-order valence-corrected chi connectivity index (χ4v) is 2.23. The molecule has 0 unspecified atom stereocenters. The van der Waals surface area contributed by atoms with Crippen LogP contribution < -0.4 is 10.2 Å². The van der Waals surface area contributed by atoms with E-state index in [0.29, 0.717) is 16.8 Å². The third-order valence-electron chi connectivity index (χ3n) is 3.81. The maximum atomic E-state index is 12.2. The number of carbonyl (C=O) groups is 3. The third-order valence-corrected chi connectivity index (χ3v) is 3.81. The number of nitrogens with one attached hydrogen (secondary N) is 1. The van der Waals surface area contributed by atoms with Crippen LogP contribution in [-0.4, -0.2) is 37.9 Å². The van der Waals surface area contributed by atoms with Crippen LogP contribution in [0.4, 0.5) is 11.4 Å². The quantitative estimate of drug-likeness (QED) is 0.637. The zero-order chi connectivity index (χ0) is 19.3. The van der Waals surface area contributed by atoms with Crippen LogP contribution in [0.2, 0.25) is 0 Å². The third kappa shape index (κ3) is 4.92. The van der Waals surface area contributed by atoms with Crippen molar-refractivity contribution in [2.45, 2.75) is 20.0 Å². The molecule has 0 saturated carbocycles. The molecule has 0 saturated heterocycles. The van der Waals surface area contributed by atoms with Gasteiger partial charge in [0.1, 0.15) is 0 Å². The predicted octanol–water partition coefficient (Wildman–Crippen LogP) is 3.14. The Hall–Kier alpha value is -3.15. The summed E-state index contributed by atoms with van der Waals surface area (Å²) in [6.07, 6.45) is -0.960. The highest BCUT2D eigenvalue weighted by atomic mass is 16.5. The Morgan fingerprint density at radius 1 is 1.00 bits per heavy atom. The van der Waals surface area contributed by atoms with E-state index in [2.05, 4.69) is 5.32 Å². The summed E-state index contributed by atoms with van der Waals surface area (Å²) >= 11 is 0. The number of Topliss-reactive ketones (excluding diaryl/α,β-unsaturated/α-hetero) is 1. The summed E-state index contributed by atoms with van der Waals surface area (Å²) < 4.78 is 5.24. The lowest BCUT2D eigenvalue weighted by Gasteiger charge is -2.16. The van der Waals surface area contributed by atoms with Crippen molar-refractivity contribution in [1.82, 2.24) is 0 Å². The highest BCUT2D eigenvalue weighted by Gasteiger charge is 2.19. The van der Waals surface area contributed by atoms with Crippen LogP contribution in [0, 0.1) is 0 Å². The zero-order valence-electron chi connectivity index (χ0n) is 15.3. The lowest BCUT2D eigenvalue weighted by atomic mass is 10.1. The lowest BCUT2D eigenvalue weighted by Crippen LogP contribution is -2.30. The molecule has 1 N–H and O–H groups in total. The fourth-order valence-electron chi connectivity index (χ4n) is 2.23. The molecular formula is C20H22N2O4. The van der Waals surface area contributed by atoms with E-state index in [1.54, 1.807) is 42.5 Å². The van der Waals surface area contributed by atoms with Gasteiger partial charge in [-0.1, -0.05) is 6.07 Å². The van der Waals surface area contributed by atoms with Gasteiger partial charge in [0, 0.05) is 31.0 Å². The van der Waals surface area contributed by atoms with Crippen molar-refractivity contribution in [3.05, 3.63) is 59.7 Å². The number of anilines is 2. The number of nitrogens with zero attached hydrogens (tertiary/aromatic N) is 1. The number of hydrogen-bond acceptors (Lipinski definition) is 5. The van der Waals surface area contributed by atoms with Crippen LogP contribution in [-0.2, 0) is 9.53 Å². The molecule has 0 spiro atoms. The predicted molar refractivity (Wildman–Crippen MR) is 101 cm³/mol. The number of ketones is 1. The second-order valence-electron chi connectivity index (χ2n) is 6.12. The van der Waals surface area contributed by atoms with E-state index in [-0.39, 0.29) is 5.78 Å². The molecular weight excluding hydrogens is 332 g/mol. The van der Waals surface area contributed by atoms with Gasteiger partial charge < -0.3 is 15.0 Å². The van der Waals surface area contributed by atoms with Crippen LogP contribution in [0.5, 0.6) is 0 Å². The minimum Gasteiger partial charge on any atom is -0.449 e. The Labute approximate surface area is 152 Å². The highest BCUT2D eigenvalue weighted by Crippen LogP contribution is 2.15. The molecule has 1 amide bonds. The number of amides is 1. The van der Waals surface area contributed by atoms with Gasteiger partial charge in [-0.15, -0.1) is 0 Å². The smallest absolute Gasteiger partial charge is 0.338 e. The molecule has 6 nitrogen and oxygen atoms in total. The number of ether oxygens (including phenoxy) is 1. The minimum absolute atomic E-state index is 0.0508. The molecule has 0 aliphatic carbocycles. The van der Waals surface area contributed by atoms with E-state index < -0.39 is 18.0 Å². The zero-order valence-corrected chi connectivity index (χ0v) is 15.3. The minimum atomic E-state index is -0.960. The summed E-state index contributed by atoms with van der Waals surface area (Å²) in [6, 6.07) is 13.5. The van der Waals surface area contributed by atoms with Gasteiger partial charge in [0.05, 0.1) is 5.56 Å².